The summed E-state index contributed by atoms with van der Waals surface area (Å²) >= 11 is 0. The van der Waals surface area contributed by atoms with Crippen molar-refractivity contribution in [1.29, 1.82) is 0 Å². The Kier molecular flexibility index (Phi) is 7.15. The average Bonchev–Trinajstić information content (AvgIpc) is 2.73. The highest BCUT2D eigenvalue weighted by Crippen LogP contribution is 2.28. The van der Waals surface area contributed by atoms with Crippen molar-refractivity contribution < 1.29 is 13.2 Å². The molecule has 156 valence electrons. The molecule has 3 rings (SSSR count). The van der Waals surface area contributed by atoms with Crippen LogP contribution in [0.2, 0.25) is 0 Å². The van der Waals surface area contributed by atoms with Crippen LogP contribution in [0, 0.1) is 5.92 Å². The number of benzene rings is 1. The topological polar surface area (TPSA) is 57.7 Å². The first kappa shape index (κ1) is 21.3. The van der Waals surface area contributed by atoms with E-state index in [2.05, 4.69) is 13.8 Å². The third-order valence-corrected chi connectivity index (χ3v) is 7.95. The summed E-state index contributed by atoms with van der Waals surface area (Å²) in [5.74, 6) is 0.155. The molecule has 1 aliphatic heterocycles. The van der Waals surface area contributed by atoms with Crippen LogP contribution >= 0.6 is 0 Å². The molecule has 6 heteroatoms. The van der Waals surface area contributed by atoms with Gasteiger partial charge in [-0.25, -0.2) is 8.42 Å². The molecule has 1 aromatic rings. The van der Waals surface area contributed by atoms with E-state index in [9.17, 15) is 13.2 Å². The van der Waals surface area contributed by atoms with E-state index in [4.69, 9.17) is 0 Å². The fourth-order valence-electron chi connectivity index (χ4n) is 4.49. The fraction of sp³-hybridized carbons (Fsp3) is 0.682. The molecule has 2 aliphatic rings. The summed E-state index contributed by atoms with van der Waals surface area (Å²) in [4.78, 5) is 15.2. The molecule has 0 atom stereocenters. The van der Waals surface area contributed by atoms with Gasteiger partial charge in [0.05, 0.1) is 4.90 Å². The highest BCUT2D eigenvalue weighted by atomic mass is 32.2. The van der Waals surface area contributed by atoms with Gasteiger partial charge in [-0.05, 0) is 74.6 Å². The maximum absolute atomic E-state index is 13.1. The van der Waals surface area contributed by atoms with E-state index < -0.39 is 10.0 Å². The third kappa shape index (κ3) is 4.60. The van der Waals surface area contributed by atoms with Gasteiger partial charge in [0.25, 0.3) is 0 Å². The van der Waals surface area contributed by atoms with Crippen molar-refractivity contribution in [1.82, 2.24) is 9.21 Å². The van der Waals surface area contributed by atoms with Gasteiger partial charge in [0.2, 0.25) is 15.9 Å². The zero-order valence-corrected chi connectivity index (χ0v) is 18.1. The second-order valence-corrected chi connectivity index (χ2v) is 10.1. The largest absolute Gasteiger partial charge is 0.342 e. The summed E-state index contributed by atoms with van der Waals surface area (Å²) in [5, 5.41) is 0. The lowest BCUT2D eigenvalue weighted by Crippen LogP contribution is -2.44. The summed E-state index contributed by atoms with van der Waals surface area (Å²) in [5.41, 5.74) is 2.48. The van der Waals surface area contributed by atoms with E-state index in [1.165, 1.54) is 17.5 Å². The maximum Gasteiger partial charge on any atom is 0.243 e. The SMILES string of the molecule is CCCN(CCC)C(=O)C1CCN(S(=O)(=O)c2ccc3c(c2)CCCC3)CC1. The molecule has 0 aromatic heterocycles. The van der Waals surface area contributed by atoms with E-state index in [1.807, 2.05) is 17.0 Å². The molecular weight excluding hydrogens is 372 g/mol. The Bertz CT molecular complexity index is 777. The van der Waals surface area contributed by atoms with Crippen LogP contribution in [0.3, 0.4) is 0 Å². The lowest BCUT2D eigenvalue weighted by molar-refractivity contribution is -0.136. The Balaban J connectivity index is 1.66. The molecule has 0 N–H and O–H groups in total. The van der Waals surface area contributed by atoms with Gasteiger partial charge in [-0.2, -0.15) is 4.31 Å². The smallest absolute Gasteiger partial charge is 0.243 e. The number of carbonyl (C=O) groups excluding carboxylic acids is 1. The minimum Gasteiger partial charge on any atom is -0.342 e. The normalized spacial score (nSPS) is 18.6. The number of hydrogen-bond donors (Lipinski definition) is 0. The number of carbonyl (C=O) groups is 1. The second kappa shape index (κ2) is 9.40. The van der Waals surface area contributed by atoms with Crippen molar-refractivity contribution in [2.24, 2.45) is 5.92 Å². The number of hydrogen-bond acceptors (Lipinski definition) is 3. The van der Waals surface area contributed by atoms with E-state index in [1.54, 1.807) is 10.4 Å². The van der Waals surface area contributed by atoms with E-state index in [-0.39, 0.29) is 11.8 Å². The Morgan fingerprint density at radius 1 is 1.04 bits per heavy atom. The van der Waals surface area contributed by atoms with Crippen LogP contribution in [0.1, 0.15) is 63.5 Å². The van der Waals surface area contributed by atoms with Crippen LogP contribution in [-0.2, 0) is 27.7 Å². The Morgan fingerprint density at radius 2 is 1.64 bits per heavy atom. The Labute approximate surface area is 170 Å². The first-order valence-electron chi connectivity index (χ1n) is 10.9. The number of sulfonamides is 1. The van der Waals surface area contributed by atoms with Crippen LogP contribution in [0.15, 0.2) is 23.1 Å². The van der Waals surface area contributed by atoms with Crippen molar-refractivity contribution in [2.75, 3.05) is 26.2 Å². The maximum atomic E-state index is 13.1. The molecule has 1 saturated heterocycles. The van der Waals surface area contributed by atoms with Gasteiger partial charge in [0, 0.05) is 32.1 Å². The molecule has 0 bridgehead atoms. The molecule has 1 fully saturated rings. The van der Waals surface area contributed by atoms with Crippen LogP contribution in [0.4, 0.5) is 0 Å². The highest BCUT2D eigenvalue weighted by molar-refractivity contribution is 7.89. The summed E-state index contributed by atoms with van der Waals surface area (Å²) in [6.45, 7) is 6.62. The summed E-state index contributed by atoms with van der Waals surface area (Å²) in [6, 6.07) is 5.64. The first-order valence-corrected chi connectivity index (χ1v) is 12.3. The van der Waals surface area contributed by atoms with Crippen LogP contribution in [0.25, 0.3) is 0 Å². The van der Waals surface area contributed by atoms with Gasteiger partial charge in [-0.3, -0.25) is 4.79 Å². The molecule has 1 aromatic carbocycles. The number of fused-ring (bicyclic) bond motifs is 1. The third-order valence-electron chi connectivity index (χ3n) is 6.06. The minimum atomic E-state index is -3.48. The molecule has 1 heterocycles. The van der Waals surface area contributed by atoms with Crippen molar-refractivity contribution in [3.63, 3.8) is 0 Å². The number of piperidine rings is 1. The fourth-order valence-corrected chi connectivity index (χ4v) is 6.01. The van der Waals surface area contributed by atoms with Crippen LogP contribution < -0.4 is 0 Å². The molecule has 28 heavy (non-hydrogen) atoms. The van der Waals surface area contributed by atoms with Gasteiger partial charge in [0.15, 0.2) is 0 Å². The second-order valence-electron chi connectivity index (χ2n) is 8.14. The minimum absolute atomic E-state index is 0.0481. The van der Waals surface area contributed by atoms with Gasteiger partial charge >= 0.3 is 0 Å². The van der Waals surface area contributed by atoms with Crippen LogP contribution in [0.5, 0.6) is 0 Å². The van der Waals surface area contributed by atoms with E-state index >= 15 is 0 Å². The summed E-state index contributed by atoms with van der Waals surface area (Å²) < 4.78 is 27.8. The van der Waals surface area contributed by atoms with Gasteiger partial charge in [0.1, 0.15) is 0 Å². The molecule has 0 radical (unpaired) electrons. The van der Waals surface area contributed by atoms with Gasteiger partial charge in [-0.15, -0.1) is 0 Å². The van der Waals surface area contributed by atoms with Crippen molar-refractivity contribution >= 4 is 15.9 Å². The Morgan fingerprint density at radius 3 is 2.25 bits per heavy atom. The summed E-state index contributed by atoms with van der Waals surface area (Å²) in [6.07, 6.45) is 7.49. The van der Waals surface area contributed by atoms with Crippen molar-refractivity contribution in [3.8, 4) is 0 Å². The predicted molar refractivity (Wildman–Crippen MR) is 112 cm³/mol. The lowest BCUT2D eigenvalue weighted by Gasteiger charge is -2.33. The number of rotatable bonds is 7. The molecule has 0 unspecified atom stereocenters. The van der Waals surface area contributed by atoms with Crippen molar-refractivity contribution in [3.05, 3.63) is 29.3 Å². The monoisotopic (exact) mass is 406 g/mol. The lowest BCUT2D eigenvalue weighted by atomic mass is 9.92. The van der Waals surface area contributed by atoms with Crippen molar-refractivity contribution in [2.45, 2.75) is 70.1 Å². The molecule has 5 nitrogen and oxygen atoms in total. The first-order chi connectivity index (χ1) is 13.5. The quantitative estimate of drug-likeness (QED) is 0.695. The Hall–Kier alpha value is -1.40. The zero-order valence-electron chi connectivity index (χ0n) is 17.3. The summed E-state index contributed by atoms with van der Waals surface area (Å²) in [7, 11) is -3.48. The molecule has 0 spiro atoms. The molecule has 1 amide bonds. The van der Waals surface area contributed by atoms with Gasteiger partial charge in [-0.1, -0.05) is 19.9 Å². The van der Waals surface area contributed by atoms with E-state index in [0.717, 1.165) is 45.2 Å². The highest BCUT2D eigenvalue weighted by Gasteiger charge is 2.33. The number of nitrogens with zero attached hydrogens (tertiary/aromatic N) is 2. The van der Waals surface area contributed by atoms with Gasteiger partial charge < -0.3 is 4.90 Å². The molecule has 1 aliphatic carbocycles. The molecular formula is C22H34N2O3S. The number of aryl methyl sites for hydroxylation is 2. The average molecular weight is 407 g/mol. The zero-order chi connectivity index (χ0) is 20.1. The predicted octanol–water partition coefficient (Wildman–Crippen LogP) is 3.61. The standard InChI is InChI=1S/C22H34N2O3S/c1-3-13-23(14-4-2)22(25)19-11-15-24(16-12-19)28(26,27)21-10-9-18-7-5-6-8-20(18)17-21/h9-10,17,19H,3-8,11-16H2,1-2H3. The number of amides is 1. The van der Waals surface area contributed by atoms with E-state index in [0.29, 0.717) is 30.8 Å². The van der Waals surface area contributed by atoms with Crippen LogP contribution in [-0.4, -0.2) is 49.7 Å². The molecule has 0 saturated carbocycles.